The first kappa shape index (κ1) is 12.4. The number of benzene rings is 1. The lowest BCUT2D eigenvalue weighted by atomic mass is 10.1. The van der Waals surface area contributed by atoms with Crippen molar-refractivity contribution in [3.05, 3.63) is 28.5 Å². The molecule has 1 aliphatic heterocycles. The van der Waals surface area contributed by atoms with Crippen LogP contribution in [0.1, 0.15) is 19.3 Å². The van der Waals surface area contributed by atoms with E-state index in [9.17, 15) is 9.18 Å². The minimum atomic E-state index is -0.426. The van der Waals surface area contributed by atoms with E-state index in [0.717, 1.165) is 32.4 Å². The quantitative estimate of drug-likeness (QED) is 0.844. The smallest absolute Gasteiger partial charge is 0.321 e. The molecule has 0 unspecified atom stereocenters. The zero-order valence-electron chi connectivity index (χ0n) is 9.38. The van der Waals surface area contributed by atoms with Crippen LogP contribution in [0.25, 0.3) is 0 Å². The largest absolute Gasteiger partial charge is 0.325 e. The summed E-state index contributed by atoms with van der Waals surface area (Å²) in [5.41, 5.74) is 0.226. The maximum atomic E-state index is 13.5. The Labute approximate surface area is 108 Å². The molecule has 2 rings (SSSR count). The summed E-state index contributed by atoms with van der Waals surface area (Å²) in [4.78, 5) is 13.6. The highest BCUT2D eigenvalue weighted by Crippen LogP contribution is 2.20. The number of anilines is 1. The Morgan fingerprint density at radius 1 is 1.29 bits per heavy atom. The van der Waals surface area contributed by atoms with E-state index in [1.807, 2.05) is 0 Å². The number of carbonyl (C=O) groups is 1. The molecule has 0 atom stereocenters. The molecule has 1 heterocycles. The van der Waals surface area contributed by atoms with Gasteiger partial charge in [-0.3, -0.25) is 0 Å². The van der Waals surface area contributed by atoms with Crippen LogP contribution in [0.5, 0.6) is 0 Å². The van der Waals surface area contributed by atoms with E-state index in [1.165, 1.54) is 6.07 Å². The van der Waals surface area contributed by atoms with E-state index < -0.39 is 5.82 Å². The molecule has 1 aliphatic rings. The molecule has 1 N–H and O–H groups in total. The van der Waals surface area contributed by atoms with Gasteiger partial charge in [-0.25, -0.2) is 9.18 Å². The van der Waals surface area contributed by atoms with Crippen molar-refractivity contribution in [1.82, 2.24) is 4.90 Å². The highest BCUT2D eigenvalue weighted by molar-refractivity contribution is 9.10. The van der Waals surface area contributed by atoms with E-state index in [-0.39, 0.29) is 11.7 Å². The van der Waals surface area contributed by atoms with Crippen molar-refractivity contribution in [3.63, 3.8) is 0 Å². The normalized spacial score (nSPS) is 15.8. The highest BCUT2D eigenvalue weighted by Gasteiger charge is 2.17. The second-order valence-corrected chi connectivity index (χ2v) is 5.02. The van der Waals surface area contributed by atoms with E-state index in [1.54, 1.807) is 17.0 Å². The number of amides is 2. The first-order valence-electron chi connectivity index (χ1n) is 5.68. The SMILES string of the molecule is O=C(Nc1ccc(Br)cc1F)N1CCCCC1. The van der Waals surface area contributed by atoms with Gasteiger partial charge in [-0.15, -0.1) is 0 Å². The number of halogens is 2. The number of carbonyl (C=O) groups excluding carboxylic acids is 1. The molecular formula is C12H14BrFN2O. The van der Waals surface area contributed by atoms with Crippen molar-refractivity contribution in [1.29, 1.82) is 0 Å². The number of hydrogen-bond acceptors (Lipinski definition) is 1. The first-order chi connectivity index (χ1) is 8.16. The molecule has 0 spiro atoms. The van der Waals surface area contributed by atoms with Gasteiger partial charge < -0.3 is 10.2 Å². The van der Waals surface area contributed by atoms with Crippen LogP contribution >= 0.6 is 15.9 Å². The minimum absolute atomic E-state index is 0.217. The number of likely N-dealkylation sites (tertiary alicyclic amines) is 1. The van der Waals surface area contributed by atoms with E-state index >= 15 is 0 Å². The fraction of sp³-hybridized carbons (Fsp3) is 0.417. The predicted octanol–water partition coefficient (Wildman–Crippen LogP) is 3.61. The van der Waals surface area contributed by atoms with Crippen LogP contribution in [0.15, 0.2) is 22.7 Å². The first-order valence-corrected chi connectivity index (χ1v) is 6.47. The number of rotatable bonds is 1. The van der Waals surface area contributed by atoms with E-state index in [0.29, 0.717) is 4.47 Å². The standard InChI is InChI=1S/C12H14BrFN2O/c13-9-4-5-11(10(14)8-9)15-12(17)16-6-2-1-3-7-16/h4-5,8H,1-3,6-7H2,(H,15,17). The van der Waals surface area contributed by atoms with Crippen LogP contribution in [0.2, 0.25) is 0 Å². The molecule has 1 fully saturated rings. The summed E-state index contributed by atoms with van der Waals surface area (Å²) in [7, 11) is 0. The molecule has 3 nitrogen and oxygen atoms in total. The Morgan fingerprint density at radius 3 is 2.65 bits per heavy atom. The summed E-state index contributed by atoms with van der Waals surface area (Å²) in [6.45, 7) is 1.51. The molecule has 0 bridgehead atoms. The van der Waals surface area contributed by atoms with Gasteiger partial charge in [0.05, 0.1) is 5.69 Å². The lowest BCUT2D eigenvalue weighted by Crippen LogP contribution is -2.38. The number of piperidine rings is 1. The number of nitrogens with zero attached hydrogens (tertiary/aromatic N) is 1. The van der Waals surface area contributed by atoms with Crippen LogP contribution < -0.4 is 5.32 Å². The molecule has 0 radical (unpaired) electrons. The summed E-state index contributed by atoms with van der Waals surface area (Å²) in [5.74, 6) is -0.426. The Morgan fingerprint density at radius 2 is 2.00 bits per heavy atom. The molecule has 0 aliphatic carbocycles. The number of nitrogens with one attached hydrogen (secondary N) is 1. The minimum Gasteiger partial charge on any atom is -0.325 e. The highest BCUT2D eigenvalue weighted by atomic mass is 79.9. The van der Waals surface area contributed by atoms with Crippen molar-refractivity contribution < 1.29 is 9.18 Å². The summed E-state index contributed by atoms with van der Waals surface area (Å²) in [6.07, 6.45) is 3.21. The van der Waals surface area contributed by atoms with Gasteiger partial charge in [0.15, 0.2) is 0 Å². The Hall–Kier alpha value is -1.10. The molecular weight excluding hydrogens is 287 g/mol. The van der Waals surface area contributed by atoms with Crippen LogP contribution in [-0.2, 0) is 0 Å². The van der Waals surface area contributed by atoms with Gasteiger partial charge in [0, 0.05) is 17.6 Å². The van der Waals surface area contributed by atoms with Gasteiger partial charge >= 0.3 is 6.03 Å². The zero-order chi connectivity index (χ0) is 12.3. The molecule has 1 saturated heterocycles. The third-order valence-electron chi connectivity index (χ3n) is 2.82. The average molecular weight is 301 g/mol. The average Bonchev–Trinajstić information content (AvgIpc) is 2.34. The van der Waals surface area contributed by atoms with Crippen LogP contribution in [-0.4, -0.2) is 24.0 Å². The van der Waals surface area contributed by atoms with Crippen molar-refractivity contribution in [2.75, 3.05) is 18.4 Å². The molecule has 17 heavy (non-hydrogen) atoms. The second kappa shape index (κ2) is 5.49. The Bertz CT molecular complexity index is 419. The lowest BCUT2D eigenvalue weighted by molar-refractivity contribution is 0.200. The van der Waals surface area contributed by atoms with Gasteiger partial charge in [0.2, 0.25) is 0 Å². The maximum absolute atomic E-state index is 13.5. The van der Waals surface area contributed by atoms with Crippen LogP contribution in [0, 0.1) is 5.82 Å². The predicted molar refractivity (Wildman–Crippen MR) is 68.5 cm³/mol. The van der Waals surface area contributed by atoms with Crippen molar-refractivity contribution >= 4 is 27.6 Å². The topological polar surface area (TPSA) is 32.3 Å². The fourth-order valence-corrected chi connectivity index (χ4v) is 2.22. The summed E-state index contributed by atoms with van der Waals surface area (Å²) in [5, 5.41) is 2.60. The number of hydrogen-bond donors (Lipinski definition) is 1. The molecule has 5 heteroatoms. The molecule has 0 saturated carbocycles. The maximum Gasteiger partial charge on any atom is 0.321 e. The van der Waals surface area contributed by atoms with Gasteiger partial charge in [0.25, 0.3) is 0 Å². The second-order valence-electron chi connectivity index (χ2n) is 4.10. The van der Waals surface area contributed by atoms with E-state index in [4.69, 9.17) is 0 Å². The van der Waals surface area contributed by atoms with E-state index in [2.05, 4.69) is 21.2 Å². The van der Waals surface area contributed by atoms with Gasteiger partial charge in [-0.2, -0.15) is 0 Å². The van der Waals surface area contributed by atoms with Gasteiger partial charge in [-0.1, -0.05) is 15.9 Å². The molecule has 1 aromatic rings. The Kier molecular flexibility index (Phi) is 3.99. The van der Waals surface area contributed by atoms with Gasteiger partial charge in [0.1, 0.15) is 5.82 Å². The molecule has 2 amide bonds. The summed E-state index contributed by atoms with van der Waals surface area (Å²) >= 11 is 3.18. The lowest BCUT2D eigenvalue weighted by Gasteiger charge is -2.26. The molecule has 1 aromatic carbocycles. The van der Waals surface area contributed by atoms with Crippen molar-refractivity contribution in [2.24, 2.45) is 0 Å². The van der Waals surface area contributed by atoms with Crippen LogP contribution in [0.3, 0.4) is 0 Å². The van der Waals surface area contributed by atoms with Crippen molar-refractivity contribution in [2.45, 2.75) is 19.3 Å². The third-order valence-corrected chi connectivity index (χ3v) is 3.31. The van der Waals surface area contributed by atoms with Crippen molar-refractivity contribution in [3.8, 4) is 0 Å². The number of urea groups is 1. The Balaban J connectivity index is 2.02. The third kappa shape index (κ3) is 3.19. The fourth-order valence-electron chi connectivity index (χ4n) is 1.88. The zero-order valence-corrected chi connectivity index (χ0v) is 11.0. The molecule has 0 aromatic heterocycles. The molecule has 92 valence electrons. The summed E-state index contributed by atoms with van der Waals surface area (Å²) < 4.78 is 14.2. The summed E-state index contributed by atoms with van der Waals surface area (Å²) in [6, 6.07) is 4.38. The van der Waals surface area contributed by atoms with Gasteiger partial charge in [-0.05, 0) is 37.5 Å². The van der Waals surface area contributed by atoms with Crippen LogP contribution in [0.4, 0.5) is 14.9 Å². The monoisotopic (exact) mass is 300 g/mol.